The lowest BCUT2D eigenvalue weighted by atomic mass is 10.1. The molecule has 18 heavy (non-hydrogen) atoms. The largest absolute Gasteiger partial charge is 0.358 e. The molecule has 3 nitrogen and oxygen atoms in total. The van der Waals surface area contributed by atoms with Crippen LogP contribution < -0.4 is 10.7 Å². The van der Waals surface area contributed by atoms with E-state index in [-0.39, 0.29) is 5.82 Å². The highest BCUT2D eigenvalue weighted by Crippen LogP contribution is 2.06. The van der Waals surface area contributed by atoms with Gasteiger partial charge in [0.25, 0.3) is 0 Å². The van der Waals surface area contributed by atoms with Gasteiger partial charge in [0.2, 0.25) is 0 Å². The Kier molecular flexibility index (Phi) is 6.00. The van der Waals surface area contributed by atoms with E-state index in [4.69, 9.17) is 12.2 Å². The van der Waals surface area contributed by atoms with Gasteiger partial charge in [0.1, 0.15) is 5.82 Å². The Morgan fingerprint density at radius 3 is 2.67 bits per heavy atom. The van der Waals surface area contributed by atoms with Crippen LogP contribution in [-0.4, -0.2) is 17.4 Å². The molecule has 1 aromatic carbocycles. The van der Waals surface area contributed by atoms with Crippen molar-refractivity contribution in [3.8, 4) is 0 Å². The van der Waals surface area contributed by atoms with E-state index in [0.717, 1.165) is 17.7 Å². The van der Waals surface area contributed by atoms with Crippen molar-refractivity contribution >= 4 is 23.0 Å². The highest BCUT2D eigenvalue weighted by molar-refractivity contribution is 7.80. The van der Waals surface area contributed by atoms with E-state index >= 15 is 0 Å². The van der Waals surface area contributed by atoms with Crippen molar-refractivity contribution in [2.45, 2.75) is 13.3 Å². The second-order valence-corrected chi connectivity index (χ2v) is 3.94. The molecule has 0 spiro atoms. The predicted octanol–water partition coefficient (Wildman–Crippen LogP) is 2.59. The van der Waals surface area contributed by atoms with Crippen LogP contribution in [0, 0.1) is 5.82 Å². The molecule has 0 bridgehead atoms. The number of hydrogen-bond donors (Lipinski definition) is 2. The molecule has 2 N–H and O–H groups in total. The maximum absolute atomic E-state index is 12.8. The maximum atomic E-state index is 12.8. The normalized spacial score (nSPS) is 10.9. The van der Waals surface area contributed by atoms with E-state index in [1.54, 1.807) is 18.2 Å². The monoisotopic (exact) mass is 265 g/mol. The van der Waals surface area contributed by atoms with Crippen molar-refractivity contribution in [2.24, 2.45) is 5.10 Å². The number of thiocarbonyl (C=S) groups is 1. The predicted molar refractivity (Wildman–Crippen MR) is 77.2 cm³/mol. The fourth-order valence-corrected chi connectivity index (χ4v) is 1.44. The number of benzene rings is 1. The minimum absolute atomic E-state index is 0.259. The second-order valence-electron chi connectivity index (χ2n) is 3.53. The Morgan fingerprint density at radius 1 is 1.44 bits per heavy atom. The summed E-state index contributed by atoms with van der Waals surface area (Å²) in [6.45, 7) is 6.14. The van der Waals surface area contributed by atoms with Crippen molar-refractivity contribution in [3.05, 3.63) is 48.3 Å². The molecule has 0 saturated carbocycles. The molecular formula is C13H16FN3S. The van der Waals surface area contributed by atoms with Crippen molar-refractivity contribution < 1.29 is 4.39 Å². The van der Waals surface area contributed by atoms with Crippen LogP contribution in [0.25, 0.3) is 0 Å². The average Bonchev–Trinajstić information content (AvgIpc) is 2.39. The van der Waals surface area contributed by atoms with Crippen LogP contribution in [0.2, 0.25) is 0 Å². The van der Waals surface area contributed by atoms with E-state index in [0.29, 0.717) is 11.7 Å². The lowest BCUT2D eigenvalue weighted by Gasteiger charge is -2.07. The van der Waals surface area contributed by atoms with Crippen LogP contribution in [0.1, 0.15) is 18.9 Å². The summed E-state index contributed by atoms with van der Waals surface area (Å²) in [6.07, 6.45) is 2.43. The van der Waals surface area contributed by atoms with Crippen LogP contribution in [0.4, 0.5) is 4.39 Å². The summed E-state index contributed by atoms with van der Waals surface area (Å²) in [5, 5.41) is 7.54. The first-order valence-corrected chi connectivity index (χ1v) is 6.05. The number of nitrogens with zero attached hydrogens (tertiary/aromatic N) is 1. The molecule has 0 atom stereocenters. The SMILES string of the molecule is C=CCNC(=S)N/N=C(/CC)c1ccc(F)cc1. The van der Waals surface area contributed by atoms with Crippen molar-refractivity contribution in [2.75, 3.05) is 6.54 Å². The first kappa shape index (κ1) is 14.3. The van der Waals surface area contributed by atoms with Gasteiger partial charge in [-0.25, -0.2) is 4.39 Å². The molecule has 0 fully saturated rings. The Bertz CT molecular complexity index is 440. The third-order valence-corrected chi connectivity index (χ3v) is 2.45. The summed E-state index contributed by atoms with van der Waals surface area (Å²) in [4.78, 5) is 0. The molecule has 0 aliphatic heterocycles. The van der Waals surface area contributed by atoms with E-state index in [9.17, 15) is 4.39 Å². The summed E-state index contributed by atoms with van der Waals surface area (Å²) in [5.41, 5.74) is 4.44. The molecule has 1 aromatic rings. The quantitative estimate of drug-likeness (QED) is 0.372. The number of rotatable bonds is 5. The van der Waals surface area contributed by atoms with Crippen LogP contribution in [0.15, 0.2) is 42.0 Å². The molecule has 5 heteroatoms. The standard InChI is InChI=1S/C13H16FN3S/c1-3-9-15-13(18)17-16-12(4-2)10-5-7-11(14)8-6-10/h3,5-8H,1,4,9H2,2H3,(H2,15,17,18)/b16-12-. The molecule has 0 radical (unpaired) electrons. The fourth-order valence-electron chi connectivity index (χ4n) is 1.31. The fraction of sp³-hybridized carbons (Fsp3) is 0.231. The lowest BCUT2D eigenvalue weighted by Crippen LogP contribution is -2.32. The number of hydrogen-bond acceptors (Lipinski definition) is 2. The topological polar surface area (TPSA) is 36.4 Å². The highest BCUT2D eigenvalue weighted by Gasteiger charge is 2.02. The van der Waals surface area contributed by atoms with Gasteiger partial charge in [-0.1, -0.05) is 25.1 Å². The summed E-state index contributed by atoms with van der Waals surface area (Å²) >= 11 is 5.02. The molecule has 0 saturated heterocycles. The van der Waals surface area contributed by atoms with Gasteiger partial charge in [0, 0.05) is 6.54 Å². The molecule has 1 rings (SSSR count). The van der Waals surface area contributed by atoms with Crippen LogP contribution in [-0.2, 0) is 0 Å². The molecule has 0 heterocycles. The number of hydrazone groups is 1. The molecule has 0 amide bonds. The zero-order valence-corrected chi connectivity index (χ0v) is 11.1. The minimum atomic E-state index is -0.259. The zero-order chi connectivity index (χ0) is 13.4. The van der Waals surface area contributed by atoms with Gasteiger partial charge in [-0.05, 0) is 36.3 Å². The zero-order valence-electron chi connectivity index (χ0n) is 10.2. The third kappa shape index (κ3) is 4.63. The summed E-state index contributed by atoms with van der Waals surface area (Å²) in [5.74, 6) is -0.259. The molecule has 0 aromatic heterocycles. The van der Waals surface area contributed by atoms with E-state index in [1.807, 2.05) is 6.92 Å². The Morgan fingerprint density at radius 2 is 2.11 bits per heavy atom. The van der Waals surface area contributed by atoms with E-state index in [1.165, 1.54) is 12.1 Å². The second kappa shape index (κ2) is 7.55. The van der Waals surface area contributed by atoms with E-state index in [2.05, 4.69) is 22.4 Å². The minimum Gasteiger partial charge on any atom is -0.358 e. The third-order valence-electron chi connectivity index (χ3n) is 2.21. The first-order valence-electron chi connectivity index (χ1n) is 5.64. The number of halogens is 1. The van der Waals surface area contributed by atoms with Crippen LogP contribution in [0.3, 0.4) is 0 Å². The highest BCUT2D eigenvalue weighted by atomic mass is 32.1. The molecule has 0 aliphatic rings. The van der Waals surface area contributed by atoms with Crippen LogP contribution >= 0.6 is 12.2 Å². The Labute approximate surface area is 112 Å². The Balaban J connectivity index is 2.68. The summed E-state index contributed by atoms with van der Waals surface area (Å²) < 4.78 is 12.8. The number of nitrogens with one attached hydrogen (secondary N) is 2. The van der Waals surface area contributed by atoms with Crippen molar-refractivity contribution in [1.29, 1.82) is 0 Å². The van der Waals surface area contributed by atoms with Gasteiger partial charge in [0.05, 0.1) is 5.71 Å². The average molecular weight is 265 g/mol. The lowest BCUT2D eigenvalue weighted by molar-refractivity contribution is 0.627. The van der Waals surface area contributed by atoms with Crippen molar-refractivity contribution in [3.63, 3.8) is 0 Å². The van der Waals surface area contributed by atoms with Gasteiger partial charge in [-0.3, -0.25) is 5.43 Å². The van der Waals surface area contributed by atoms with Gasteiger partial charge in [-0.2, -0.15) is 5.10 Å². The molecular weight excluding hydrogens is 249 g/mol. The van der Waals surface area contributed by atoms with E-state index < -0.39 is 0 Å². The molecule has 0 unspecified atom stereocenters. The smallest absolute Gasteiger partial charge is 0.187 e. The maximum Gasteiger partial charge on any atom is 0.187 e. The van der Waals surface area contributed by atoms with Crippen LogP contribution in [0.5, 0.6) is 0 Å². The molecule has 0 aliphatic carbocycles. The van der Waals surface area contributed by atoms with Gasteiger partial charge in [0.15, 0.2) is 5.11 Å². The first-order chi connectivity index (χ1) is 8.67. The summed E-state index contributed by atoms with van der Waals surface area (Å²) in [6, 6.07) is 6.21. The molecule has 96 valence electrons. The van der Waals surface area contributed by atoms with Crippen molar-refractivity contribution in [1.82, 2.24) is 10.7 Å². The van der Waals surface area contributed by atoms with Gasteiger partial charge in [-0.15, -0.1) is 6.58 Å². The summed E-state index contributed by atoms with van der Waals surface area (Å²) in [7, 11) is 0. The Hall–Kier alpha value is -1.75. The van der Waals surface area contributed by atoms with Gasteiger partial charge >= 0.3 is 0 Å². The van der Waals surface area contributed by atoms with Gasteiger partial charge < -0.3 is 5.32 Å².